The van der Waals surface area contributed by atoms with Crippen LogP contribution in [0.25, 0.3) is 0 Å². The van der Waals surface area contributed by atoms with Crippen LogP contribution in [-0.2, 0) is 34.2 Å². The quantitative estimate of drug-likeness (QED) is 0.634. The number of hydrogen-bond donors (Lipinski definition) is 1. The van der Waals surface area contributed by atoms with Crippen molar-refractivity contribution >= 4 is 27.3 Å². The van der Waals surface area contributed by atoms with Crippen molar-refractivity contribution in [2.75, 3.05) is 6.54 Å². The molecule has 3 aromatic rings. The summed E-state index contributed by atoms with van der Waals surface area (Å²) >= 11 is 1.14. The number of carbonyl (C=O) groups is 1. The van der Waals surface area contributed by atoms with Gasteiger partial charge in [-0.05, 0) is 53.1 Å². The van der Waals surface area contributed by atoms with Crippen LogP contribution in [0.5, 0.6) is 0 Å². The third-order valence-corrected chi connectivity index (χ3v) is 8.40. The summed E-state index contributed by atoms with van der Waals surface area (Å²) in [6.45, 7) is 0.450. The summed E-state index contributed by atoms with van der Waals surface area (Å²) in [7, 11) is -3.80. The molecule has 1 N–H and O–H groups in total. The van der Waals surface area contributed by atoms with Crippen LogP contribution < -0.4 is 5.32 Å². The second-order valence-corrected chi connectivity index (χ2v) is 10.2. The van der Waals surface area contributed by atoms with Crippen molar-refractivity contribution < 1.29 is 17.6 Å². The van der Waals surface area contributed by atoms with E-state index in [0.29, 0.717) is 19.4 Å². The number of carbonyl (C=O) groups excluding carboxylic acids is 1. The molecule has 0 bridgehead atoms. The minimum Gasteiger partial charge on any atom is -0.354 e. The molecule has 1 atom stereocenters. The number of hydrogen-bond acceptors (Lipinski definition) is 4. The number of rotatable bonds is 6. The van der Waals surface area contributed by atoms with E-state index in [4.69, 9.17) is 0 Å². The van der Waals surface area contributed by atoms with Crippen LogP contribution in [0.1, 0.15) is 16.7 Å². The Labute approximate surface area is 179 Å². The summed E-state index contributed by atoms with van der Waals surface area (Å²) in [6.07, 6.45) is 0.775. The minimum atomic E-state index is -3.80. The molecule has 30 heavy (non-hydrogen) atoms. The summed E-state index contributed by atoms with van der Waals surface area (Å²) < 4.78 is 41.3. The number of nitrogens with zero attached hydrogens (tertiary/aromatic N) is 1. The van der Waals surface area contributed by atoms with Crippen LogP contribution in [0.4, 0.5) is 4.39 Å². The van der Waals surface area contributed by atoms with Gasteiger partial charge < -0.3 is 5.32 Å². The number of fused-ring (bicyclic) bond motifs is 1. The molecule has 0 saturated heterocycles. The fourth-order valence-electron chi connectivity index (χ4n) is 3.64. The molecule has 1 aromatic heterocycles. The van der Waals surface area contributed by atoms with Gasteiger partial charge in [0.25, 0.3) is 10.0 Å². The zero-order valence-corrected chi connectivity index (χ0v) is 17.8. The van der Waals surface area contributed by atoms with Crippen molar-refractivity contribution in [3.8, 4) is 0 Å². The Morgan fingerprint density at radius 2 is 1.90 bits per heavy atom. The smallest absolute Gasteiger partial charge is 0.253 e. The number of amides is 1. The maximum Gasteiger partial charge on any atom is 0.253 e. The van der Waals surface area contributed by atoms with E-state index in [1.807, 2.05) is 24.3 Å². The van der Waals surface area contributed by atoms with Crippen LogP contribution in [0, 0.1) is 5.82 Å². The van der Waals surface area contributed by atoms with E-state index in [2.05, 4.69) is 5.32 Å². The Kier molecular flexibility index (Phi) is 5.99. The summed E-state index contributed by atoms with van der Waals surface area (Å²) in [4.78, 5) is 13.0. The lowest BCUT2D eigenvalue weighted by atomic mass is 9.95. The Morgan fingerprint density at radius 3 is 2.63 bits per heavy atom. The van der Waals surface area contributed by atoms with Gasteiger partial charge in [-0.25, -0.2) is 12.8 Å². The fourth-order valence-corrected chi connectivity index (χ4v) is 6.33. The monoisotopic (exact) mass is 444 g/mol. The second-order valence-electron chi connectivity index (χ2n) is 7.14. The van der Waals surface area contributed by atoms with E-state index in [1.165, 1.54) is 16.4 Å². The normalized spacial score (nSPS) is 16.8. The molecule has 8 heteroatoms. The predicted molar refractivity (Wildman–Crippen MR) is 114 cm³/mol. The van der Waals surface area contributed by atoms with Gasteiger partial charge in [-0.3, -0.25) is 4.79 Å². The summed E-state index contributed by atoms with van der Waals surface area (Å²) in [5.41, 5.74) is 2.65. The molecule has 4 rings (SSSR count). The number of benzene rings is 2. The lowest BCUT2D eigenvalue weighted by molar-refractivity contribution is -0.125. The highest BCUT2D eigenvalue weighted by molar-refractivity contribution is 7.91. The molecule has 2 heterocycles. The molecular formula is C22H21FN2O3S2. The van der Waals surface area contributed by atoms with E-state index >= 15 is 0 Å². The Morgan fingerprint density at radius 1 is 1.10 bits per heavy atom. The Bertz CT molecular complexity index is 1150. The van der Waals surface area contributed by atoms with Gasteiger partial charge in [0, 0.05) is 13.1 Å². The van der Waals surface area contributed by atoms with Gasteiger partial charge in [0.15, 0.2) is 0 Å². The first kappa shape index (κ1) is 20.7. The van der Waals surface area contributed by atoms with Gasteiger partial charge in [0.2, 0.25) is 5.91 Å². The number of nitrogens with one attached hydrogen (secondary N) is 1. The van der Waals surface area contributed by atoms with E-state index < -0.39 is 16.1 Å². The van der Waals surface area contributed by atoms with Crippen LogP contribution in [0.2, 0.25) is 0 Å². The predicted octanol–water partition coefficient (Wildman–Crippen LogP) is 3.36. The van der Waals surface area contributed by atoms with Crippen LogP contribution in [0.3, 0.4) is 0 Å². The first-order valence-corrected chi connectivity index (χ1v) is 11.9. The van der Waals surface area contributed by atoms with Crippen LogP contribution in [-0.4, -0.2) is 31.2 Å². The first-order chi connectivity index (χ1) is 14.4. The van der Waals surface area contributed by atoms with E-state index in [1.54, 1.807) is 29.6 Å². The molecule has 0 fully saturated rings. The summed E-state index contributed by atoms with van der Waals surface area (Å²) in [6, 6.07) is 16.2. The van der Waals surface area contributed by atoms with E-state index in [9.17, 15) is 17.6 Å². The highest BCUT2D eigenvalue weighted by Crippen LogP contribution is 2.30. The first-order valence-electron chi connectivity index (χ1n) is 9.59. The van der Waals surface area contributed by atoms with Gasteiger partial charge in [0.05, 0.1) is 0 Å². The number of sulfonamides is 1. The standard InChI is InChI=1S/C22H21FN2O3S2/c23-19-8-3-5-16(13-19)10-11-24-22(26)20-14-17-6-1-2-7-18(17)15-25(20)30(27,28)21-9-4-12-29-21/h1-9,12-13,20H,10-11,14-15H2,(H,24,26)/t20-/m1/s1. The molecule has 2 aromatic carbocycles. The zero-order chi connectivity index (χ0) is 21.1. The SMILES string of the molecule is O=C(NCCc1cccc(F)c1)[C@H]1Cc2ccccc2CN1S(=O)(=O)c1cccs1. The van der Waals surface area contributed by atoms with Crippen molar-refractivity contribution in [2.45, 2.75) is 29.6 Å². The maximum atomic E-state index is 13.3. The average molecular weight is 445 g/mol. The largest absolute Gasteiger partial charge is 0.354 e. The molecule has 0 unspecified atom stereocenters. The van der Waals surface area contributed by atoms with Crippen molar-refractivity contribution in [3.05, 3.63) is 88.6 Å². The highest BCUT2D eigenvalue weighted by atomic mass is 32.2. The van der Waals surface area contributed by atoms with Gasteiger partial charge in [-0.1, -0.05) is 42.5 Å². The number of halogens is 1. The van der Waals surface area contributed by atoms with Crippen molar-refractivity contribution in [1.29, 1.82) is 0 Å². The van der Waals surface area contributed by atoms with Gasteiger partial charge in [-0.15, -0.1) is 11.3 Å². The van der Waals surface area contributed by atoms with E-state index in [0.717, 1.165) is 28.0 Å². The van der Waals surface area contributed by atoms with Gasteiger partial charge in [-0.2, -0.15) is 4.31 Å². The second kappa shape index (κ2) is 8.67. The van der Waals surface area contributed by atoms with Crippen molar-refractivity contribution in [2.24, 2.45) is 0 Å². The highest BCUT2D eigenvalue weighted by Gasteiger charge is 2.39. The third-order valence-electron chi connectivity index (χ3n) is 5.17. The molecule has 156 valence electrons. The van der Waals surface area contributed by atoms with Crippen molar-refractivity contribution in [1.82, 2.24) is 9.62 Å². The molecular weight excluding hydrogens is 423 g/mol. The number of thiophene rings is 1. The van der Waals surface area contributed by atoms with E-state index in [-0.39, 0.29) is 22.5 Å². The molecule has 0 saturated carbocycles. The van der Waals surface area contributed by atoms with Gasteiger partial charge in [0.1, 0.15) is 16.1 Å². The molecule has 1 amide bonds. The minimum absolute atomic E-state index is 0.151. The Hall–Kier alpha value is -2.55. The molecule has 1 aliphatic rings. The molecule has 1 aliphatic heterocycles. The lowest BCUT2D eigenvalue weighted by Gasteiger charge is -2.34. The lowest BCUT2D eigenvalue weighted by Crippen LogP contribution is -2.52. The fraction of sp³-hybridized carbons (Fsp3) is 0.227. The van der Waals surface area contributed by atoms with Crippen LogP contribution >= 0.6 is 11.3 Å². The zero-order valence-electron chi connectivity index (χ0n) is 16.1. The maximum absolute atomic E-state index is 13.3. The molecule has 5 nitrogen and oxygen atoms in total. The van der Waals surface area contributed by atoms with Crippen LogP contribution in [0.15, 0.2) is 70.3 Å². The topological polar surface area (TPSA) is 66.5 Å². The molecule has 0 radical (unpaired) electrons. The van der Waals surface area contributed by atoms with Crippen molar-refractivity contribution in [3.63, 3.8) is 0 Å². The molecule has 0 aliphatic carbocycles. The Balaban J connectivity index is 1.54. The molecule has 0 spiro atoms. The average Bonchev–Trinajstić information content (AvgIpc) is 3.29. The summed E-state index contributed by atoms with van der Waals surface area (Å²) in [5, 5.41) is 4.54. The third kappa shape index (κ3) is 4.30. The van der Waals surface area contributed by atoms with Gasteiger partial charge >= 0.3 is 0 Å². The summed E-state index contributed by atoms with van der Waals surface area (Å²) in [5.74, 6) is -0.669.